The Hall–Kier alpha value is -3.06. The highest BCUT2D eigenvalue weighted by molar-refractivity contribution is 6.30. The van der Waals surface area contributed by atoms with Gasteiger partial charge in [0.2, 0.25) is 0 Å². The first kappa shape index (κ1) is 28.0. The number of amides is 1. The quantitative estimate of drug-likeness (QED) is 0.431. The average Bonchev–Trinajstić information content (AvgIpc) is 3.25. The van der Waals surface area contributed by atoms with Crippen molar-refractivity contribution in [1.82, 2.24) is 15.2 Å². The van der Waals surface area contributed by atoms with Crippen molar-refractivity contribution in [3.05, 3.63) is 58.7 Å². The molecule has 0 radical (unpaired) electrons. The van der Waals surface area contributed by atoms with Crippen LogP contribution in [0.3, 0.4) is 0 Å². The summed E-state index contributed by atoms with van der Waals surface area (Å²) in [6.07, 6.45) is -10.3. The van der Waals surface area contributed by atoms with Crippen LogP contribution in [0.2, 0.25) is 5.02 Å². The lowest BCUT2D eigenvalue weighted by atomic mass is 10.0. The Balaban J connectivity index is 1.43. The second kappa shape index (κ2) is 11.0. The molecule has 0 spiro atoms. The summed E-state index contributed by atoms with van der Waals surface area (Å²) < 4.78 is 82.7. The lowest BCUT2D eigenvalue weighted by Crippen LogP contribution is -2.52. The Morgan fingerprint density at radius 3 is 2.24 bits per heavy atom. The smallest absolute Gasteiger partial charge is 0.452 e. The molecule has 4 rings (SSSR count). The van der Waals surface area contributed by atoms with Gasteiger partial charge in [-0.3, -0.25) is 4.79 Å². The number of hydrogen-bond donors (Lipinski definition) is 1. The number of aromatic nitrogens is 1. The molecule has 1 N–H and O–H groups in total. The maximum atomic E-state index is 13.1. The van der Waals surface area contributed by atoms with Gasteiger partial charge in [0.25, 0.3) is 5.91 Å². The van der Waals surface area contributed by atoms with Crippen molar-refractivity contribution in [3.8, 4) is 0 Å². The topological polar surface area (TPSA) is 74.8 Å². The summed E-state index contributed by atoms with van der Waals surface area (Å²) in [7, 11) is 0. The van der Waals surface area contributed by atoms with Gasteiger partial charge < -0.3 is 19.9 Å². The Morgan fingerprint density at radius 2 is 1.63 bits per heavy atom. The fourth-order valence-corrected chi connectivity index (χ4v) is 4.66. The first-order chi connectivity index (χ1) is 17.8. The second-order valence-corrected chi connectivity index (χ2v) is 9.51. The summed E-state index contributed by atoms with van der Waals surface area (Å²) in [4.78, 5) is 30.9. The normalized spacial score (nSPS) is 21.0. The number of halogens is 7. The summed E-state index contributed by atoms with van der Waals surface area (Å²) >= 11 is 5.86. The third-order valence-electron chi connectivity index (χ3n) is 6.43. The maximum Gasteiger partial charge on any atom is 0.490 e. The molecule has 2 aliphatic rings. The van der Waals surface area contributed by atoms with Gasteiger partial charge in [-0.25, -0.2) is 9.78 Å². The molecule has 0 aliphatic carbocycles. The molecular formula is C24H23ClF6N4O3. The number of benzene rings is 1. The molecule has 2 saturated heterocycles. The molecule has 1 aromatic carbocycles. The number of nitrogens with zero attached hydrogens (tertiary/aromatic N) is 3. The van der Waals surface area contributed by atoms with Crippen molar-refractivity contribution in [3.63, 3.8) is 0 Å². The van der Waals surface area contributed by atoms with Crippen LogP contribution >= 0.6 is 11.6 Å². The fourth-order valence-electron chi connectivity index (χ4n) is 4.53. The zero-order valence-electron chi connectivity index (χ0n) is 19.7. The molecule has 38 heavy (non-hydrogen) atoms. The van der Waals surface area contributed by atoms with E-state index in [-0.39, 0.29) is 30.9 Å². The number of rotatable bonds is 5. The van der Waals surface area contributed by atoms with Gasteiger partial charge in [0.15, 0.2) is 0 Å². The van der Waals surface area contributed by atoms with Gasteiger partial charge in [-0.05, 0) is 49.2 Å². The van der Waals surface area contributed by atoms with Crippen LogP contribution in [0.1, 0.15) is 28.9 Å². The van der Waals surface area contributed by atoms with Crippen LogP contribution in [0.5, 0.6) is 0 Å². The number of likely N-dealkylation sites (tertiary alicyclic amines) is 1. The standard InChI is InChI=1S/C24H23ClF6N4O3/c25-15-6-4-14(5-7-15)21(36)34-10-8-16(9-11-34)32-17-12-35(13-18(17)38-22(37)24(29,30)31)20-3-1-2-19(33-20)23(26,27)28/h1-7,16-18,32H,8-13H2/t17-,18-/m0/s1. The molecule has 206 valence electrons. The van der Waals surface area contributed by atoms with Crippen molar-refractivity contribution in [1.29, 1.82) is 0 Å². The number of esters is 1. The summed E-state index contributed by atoms with van der Waals surface area (Å²) in [6.45, 7) is 0.436. The summed E-state index contributed by atoms with van der Waals surface area (Å²) in [6, 6.07) is 8.66. The maximum absolute atomic E-state index is 13.1. The van der Waals surface area contributed by atoms with Crippen LogP contribution in [0.4, 0.5) is 32.2 Å². The molecular weight excluding hydrogens is 542 g/mol. The van der Waals surface area contributed by atoms with Crippen LogP contribution in [0.15, 0.2) is 42.5 Å². The molecule has 14 heteroatoms. The lowest BCUT2D eigenvalue weighted by molar-refractivity contribution is -0.204. The predicted octanol–water partition coefficient (Wildman–Crippen LogP) is 4.31. The zero-order chi connectivity index (χ0) is 27.7. The van der Waals surface area contributed by atoms with Crippen molar-refractivity contribution in [2.45, 2.75) is 43.4 Å². The van der Waals surface area contributed by atoms with E-state index in [2.05, 4.69) is 10.3 Å². The van der Waals surface area contributed by atoms with Crippen molar-refractivity contribution in [2.24, 2.45) is 0 Å². The minimum absolute atomic E-state index is 0.0337. The van der Waals surface area contributed by atoms with Gasteiger partial charge in [-0.15, -0.1) is 0 Å². The van der Waals surface area contributed by atoms with E-state index in [0.717, 1.165) is 12.1 Å². The predicted molar refractivity (Wildman–Crippen MR) is 125 cm³/mol. The molecule has 1 amide bonds. The Morgan fingerprint density at radius 1 is 0.974 bits per heavy atom. The number of pyridine rings is 1. The van der Waals surface area contributed by atoms with E-state index in [1.165, 1.54) is 11.0 Å². The van der Waals surface area contributed by atoms with E-state index in [4.69, 9.17) is 16.3 Å². The second-order valence-electron chi connectivity index (χ2n) is 9.07. The average molecular weight is 565 g/mol. The van der Waals surface area contributed by atoms with E-state index < -0.39 is 36.2 Å². The van der Waals surface area contributed by atoms with Crippen molar-refractivity contribution < 1.29 is 40.7 Å². The van der Waals surface area contributed by atoms with E-state index >= 15 is 0 Å². The largest absolute Gasteiger partial charge is 0.490 e. The number of alkyl halides is 6. The molecule has 7 nitrogen and oxygen atoms in total. The summed E-state index contributed by atoms with van der Waals surface area (Å²) in [5, 5.41) is 3.68. The monoisotopic (exact) mass is 564 g/mol. The van der Waals surface area contributed by atoms with E-state index in [1.54, 1.807) is 29.2 Å². The van der Waals surface area contributed by atoms with Gasteiger partial charge in [0, 0.05) is 36.3 Å². The third-order valence-corrected chi connectivity index (χ3v) is 6.68. The SMILES string of the molecule is O=C(c1ccc(Cl)cc1)N1CCC(N[C@H]2CN(c3cccc(C(F)(F)F)n3)C[C@@H]2OC(=O)C(F)(F)F)CC1. The van der Waals surface area contributed by atoms with Crippen LogP contribution in [-0.4, -0.2) is 72.3 Å². The number of hydrogen-bond acceptors (Lipinski definition) is 6. The number of carbonyl (C=O) groups is 2. The Kier molecular flexibility index (Phi) is 8.07. The summed E-state index contributed by atoms with van der Waals surface area (Å²) in [5.41, 5.74) is -0.673. The lowest BCUT2D eigenvalue weighted by Gasteiger charge is -2.34. The minimum atomic E-state index is -5.22. The number of nitrogens with one attached hydrogen (secondary N) is 1. The highest BCUT2D eigenvalue weighted by Gasteiger charge is 2.46. The third kappa shape index (κ3) is 6.68. The van der Waals surface area contributed by atoms with E-state index in [9.17, 15) is 35.9 Å². The molecule has 2 aromatic rings. The van der Waals surface area contributed by atoms with E-state index in [1.807, 2.05) is 0 Å². The number of carbonyl (C=O) groups excluding carboxylic acids is 2. The van der Waals surface area contributed by atoms with Gasteiger partial charge in [-0.1, -0.05) is 17.7 Å². The summed E-state index contributed by atoms with van der Waals surface area (Å²) in [5.74, 6) is -2.66. The van der Waals surface area contributed by atoms with Gasteiger partial charge in [0.05, 0.1) is 12.6 Å². The van der Waals surface area contributed by atoms with Crippen molar-refractivity contribution in [2.75, 3.05) is 31.1 Å². The molecule has 1 aromatic heterocycles. The molecule has 2 aliphatic heterocycles. The highest BCUT2D eigenvalue weighted by Crippen LogP contribution is 2.31. The Bertz CT molecular complexity index is 1150. The van der Waals surface area contributed by atoms with Crippen LogP contribution in [0.25, 0.3) is 0 Å². The molecule has 2 atom stereocenters. The van der Waals surface area contributed by atoms with Crippen LogP contribution < -0.4 is 10.2 Å². The molecule has 0 unspecified atom stereocenters. The number of anilines is 1. The molecule has 3 heterocycles. The van der Waals surface area contributed by atoms with Gasteiger partial charge >= 0.3 is 18.3 Å². The van der Waals surface area contributed by atoms with Crippen LogP contribution in [0, 0.1) is 0 Å². The van der Waals surface area contributed by atoms with Crippen molar-refractivity contribution >= 4 is 29.3 Å². The number of ether oxygens (including phenoxy) is 1. The first-order valence-corrected chi connectivity index (χ1v) is 12.1. The van der Waals surface area contributed by atoms with Gasteiger partial charge in [0.1, 0.15) is 17.6 Å². The molecule has 2 fully saturated rings. The fraction of sp³-hybridized carbons (Fsp3) is 0.458. The number of piperidine rings is 1. The zero-order valence-corrected chi connectivity index (χ0v) is 20.5. The van der Waals surface area contributed by atoms with Gasteiger partial charge in [-0.2, -0.15) is 26.3 Å². The molecule has 0 saturated carbocycles. The Labute approximate surface area is 218 Å². The van der Waals surface area contributed by atoms with E-state index in [0.29, 0.717) is 36.5 Å². The highest BCUT2D eigenvalue weighted by atomic mass is 35.5. The van der Waals surface area contributed by atoms with Crippen LogP contribution in [-0.2, 0) is 15.7 Å². The minimum Gasteiger partial charge on any atom is -0.452 e. The molecule has 0 bridgehead atoms. The first-order valence-electron chi connectivity index (χ1n) is 11.7.